The second-order valence-corrected chi connectivity index (χ2v) is 8.91. The molecule has 4 rings (SSSR count). The molecule has 0 saturated heterocycles. The number of furan rings is 1. The van der Waals surface area contributed by atoms with E-state index in [2.05, 4.69) is 24.9 Å². The molecule has 1 N–H and O–H groups in total. The van der Waals surface area contributed by atoms with Crippen LogP contribution < -0.4 is 9.46 Å². The minimum Gasteiger partial charge on any atom is -0.495 e. The van der Waals surface area contributed by atoms with Gasteiger partial charge in [0.05, 0.1) is 36.7 Å². The zero-order chi connectivity index (χ0) is 22.7. The van der Waals surface area contributed by atoms with E-state index in [9.17, 15) is 12.8 Å². The van der Waals surface area contributed by atoms with Gasteiger partial charge in [-0.25, -0.2) is 22.8 Å². The van der Waals surface area contributed by atoms with Gasteiger partial charge in [-0.05, 0) is 31.2 Å². The molecule has 0 aliphatic heterocycles. The highest BCUT2D eigenvalue weighted by Gasteiger charge is 2.27. The van der Waals surface area contributed by atoms with Crippen molar-refractivity contribution in [2.24, 2.45) is 0 Å². The number of ether oxygens (including phenoxy) is 1. The molecule has 166 valence electrons. The maximum atomic E-state index is 13.0. The monoisotopic (exact) mass is 458 g/mol. The number of para-hydroxylation sites is 2. The Labute approximate surface area is 183 Å². The summed E-state index contributed by atoms with van der Waals surface area (Å²) in [7, 11) is -2.44. The molecule has 32 heavy (non-hydrogen) atoms. The predicted molar refractivity (Wildman–Crippen MR) is 113 cm³/mol. The number of anilines is 1. The van der Waals surface area contributed by atoms with E-state index in [4.69, 9.17) is 9.15 Å². The van der Waals surface area contributed by atoms with Crippen LogP contribution in [0.5, 0.6) is 5.75 Å². The van der Waals surface area contributed by atoms with Gasteiger partial charge in [-0.2, -0.15) is 0 Å². The molecule has 0 spiro atoms. The maximum absolute atomic E-state index is 13.0. The zero-order valence-electron chi connectivity index (χ0n) is 17.1. The number of methoxy groups -OCH3 is 1. The largest absolute Gasteiger partial charge is 0.495 e. The van der Waals surface area contributed by atoms with E-state index in [1.165, 1.54) is 24.9 Å². The fourth-order valence-corrected chi connectivity index (χ4v) is 3.95. The van der Waals surface area contributed by atoms with E-state index >= 15 is 0 Å². The van der Waals surface area contributed by atoms with Crippen molar-refractivity contribution in [3.05, 3.63) is 66.7 Å². The van der Waals surface area contributed by atoms with Crippen molar-refractivity contribution >= 4 is 16.0 Å². The second kappa shape index (κ2) is 8.75. The van der Waals surface area contributed by atoms with Gasteiger partial charge < -0.3 is 9.15 Å². The summed E-state index contributed by atoms with van der Waals surface area (Å²) in [5.74, 6) is 0.707. The molecule has 10 nitrogen and oxygen atoms in total. The SMILES string of the molecule is COc1ccccc1-n1c(NS(=O)(=O)[C@@H](C)Cc2ncc(F)cn2)nnc1-c1ccco1. The molecule has 3 heterocycles. The maximum Gasteiger partial charge on any atom is 0.243 e. The molecule has 3 aromatic heterocycles. The Hall–Kier alpha value is -3.80. The van der Waals surface area contributed by atoms with E-state index < -0.39 is 21.1 Å². The highest BCUT2D eigenvalue weighted by atomic mass is 32.2. The second-order valence-electron chi connectivity index (χ2n) is 6.81. The lowest BCUT2D eigenvalue weighted by molar-refractivity contribution is 0.413. The summed E-state index contributed by atoms with van der Waals surface area (Å²) in [6, 6.07) is 10.4. The fourth-order valence-electron chi connectivity index (χ4n) is 3.00. The van der Waals surface area contributed by atoms with Crippen LogP contribution in [0, 0.1) is 5.82 Å². The van der Waals surface area contributed by atoms with Gasteiger partial charge in [-0.15, -0.1) is 10.2 Å². The first-order valence-corrected chi connectivity index (χ1v) is 11.0. The van der Waals surface area contributed by atoms with Crippen LogP contribution in [0.4, 0.5) is 10.3 Å². The number of rotatable bonds is 8. The van der Waals surface area contributed by atoms with Gasteiger partial charge in [0.15, 0.2) is 11.6 Å². The van der Waals surface area contributed by atoms with Gasteiger partial charge in [-0.3, -0.25) is 9.29 Å². The van der Waals surface area contributed by atoms with Crippen LogP contribution in [0.1, 0.15) is 12.7 Å². The average Bonchev–Trinajstić information content (AvgIpc) is 3.45. The lowest BCUT2D eigenvalue weighted by Crippen LogP contribution is -2.29. The first-order chi connectivity index (χ1) is 15.4. The topological polar surface area (TPSA) is 125 Å². The van der Waals surface area contributed by atoms with Crippen molar-refractivity contribution in [1.82, 2.24) is 24.7 Å². The highest BCUT2D eigenvalue weighted by molar-refractivity contribution is 7.93. The Morgan fingerprint density at radius 1 is 1.16 bits per heavy atom. The number of benzene rings is 1. The molecule has 1 atom stereocenters. The van der Waals surface area contributed by atoms with Crippen LogP contribution in [0.15, 0.2) is 59.5 Å². The standard InChI is InChI=1S/C20H19FN6O4S/c1-13(10-18-22-11-14(21)12-23-18)32(28,29)26-20-25-24-19(17-8-5-9-31-17)27(20)15-6-3-4-7-16(15)30-2/h3-9,11-13H,10H2,1-2H3,(H,25,26)/t13-/m0/s1. The fraction of sp³-hybridized carbons (Fsp3) is 0.200. The lowest BCUT2D eigenvalue weighted by atomic mass is 10.2. The molecule has 1 aromatic carbocycles. The Bertz CT molecular complexity index is 1310. The van der Waals surface area contributed by atoms with Gasteiger partial charge in [-0.1, -0.05) is 12.1 Å². The first-order valence-electron chi connectivity index (χ1n) is 9.50. The van der Waals surface area contributed by atoms with E-state index in [0.29, 0.717) is 17.2 Å². The van der Waals surface area contributed by atoms with Crippen LogP contribution in [0.2, 0.25) is 0 Å². The third kappa shape index (κ3) is 4.30. The van der Waals surface area contributed by atoms with Gasteiger partial charge in [0.1, 0.15) is 11.6 Å². The Balaban J connectivity index is 1.71. The summed E-state index contributed by atoms with van der Waals surface area (Å²) in [6.07, 6.45) is 3.43. The van der Waals surface area contributed by atoms with Crippen molar-refractivity contribution in [1.29, 1.82) is 0 Å². The predicted octanol–water partition coefficient (Wildman–Crippen LogP) is 2.84. The van der Waals surface area contributed by atoms with E-state index in [1.807, 2.05) is 0 Å². The Morgan fingerprint density at radius 2 is 1.91 bits per heavy atom. The van der Waals surface area contributed by atoms with Gasteiger partial charge in [0, 0.05) is 6.42 Å². The smallest absolute Gasteiger partial charge is 0.243 e. The number of hydrogen-bond acceptors (Lipinski definition) is 8. The Morgan fingerprint density at radius 3 is 2.59 bits per heavy atom. The quantitative estimate of drug-likeness (QED) is 0.427. The lowest BCUT2D eigenvalue weighted by Gasteiger charge is -2.16. The molecular weight excluding hydrogens is 439 g/mol. The van der Waals surface area contributed by atoms with Crippen LogP contribution in [-0.2, 0) is 16.4 Å². The molecule has 0 unspecified atom stereocenters. The summed E-state index contributed by atoms with van der Waals surface area (Å²) in [6.45, 7) is 1.49. The minimum absolute atomic E-state index is 0.0244. The van der Waals surface area contributed by atoms with Crippen LogP contribution in [0.25, 0.3) is 17.3 Å². The number of aromatic nitrogens is 5. The number of hydrogen-bond donors (Lipinski definition) is 1. The van der Waals surface area contributed by atoms with Crippen molar-refractivity contribution in [2.75, 3.05) is 11.8 Å². The molecule has 12 heteroatoms. The Kier molecular flexibility index (Phi) is 5.86. The average molecular weight is 458 g/mol. The highest BCUT2D eigenvalue weighted by Crippen LogP contribution is 2.31. The van der Waals surface area contributed by atoms with Crippen molar-refractivity contribution in [3.63, 3.8) is 0 Å². The van der Waals surface area contributed by atoms with Crippen molar-refractivity contribution in [2.45, 2.75) is 18.6 Å². The third-order valence-electron chi connectivity index (χ3n) is 4.64. The number of nitrogens with one attached hydrogen (secondary N) is 1. The molecule has 0 radical (unpaired) electrons. The summed E-state index contributed by atoms with van der Waals surface area (Å²) < 4.78 is 54.0. The van der Waals surface area contributed by atoms with E-state index in [-0.39, 0.29) is 24.0 Å². The molecule has 0 aliphatic carbocycles. The summed E-state index contributed by atoms with van der Waals surface area (Å²) in [5, 5.41) is 7.21. The number of halogens is 1. The van der Waals surface area contributed by atoms with Crippen molar-refractivity contribution < 1.29 is 22.0 Å². The van der Waals surface area contributed by atoms with Crippen LogP contribution in [0.3, 0.4) is 0 Å². The summed E-state index contributed by atoms with van der Waals surface area (Å²) in [4.78, 5) is 7.65. The number of nitrogens with zero attached hydrogens (tertiary/aromatic N) is 5. The summed E-state index contributed by atoms with van der Waals surface area (Å²) >= 11 is 0. The third-order valence-corrected chi connectivity index (χ3v) is 6.33. The molecule has 0 amide bonds. The summed E-state index contributed by atoms with van der Waals surface area (Å²) in [5.41, 5.74) is 0.513. The molecule has 0 bridgehead atoms. The minimum atomic E-state index is -3.95. The van der Waals surface area contributed by atoms with E-state index in [1.54, 1.807) is 36.4 Å². The molecule has 0 fully saturated rings. The number of sulfonamides is 1. The van der Waals surface area contributed by atoms with Gasteiger partial charge in [0.25, 0.3) is 0 Å². The normalized spacial score (nSPS) is 12.5. The molecule has 0 aliphatic rings. The molecular formula is C20H19FN6O4S. The zero-order valence-corrected chi connectivity index (χ0v) is 18.0. The van der Waals surface area contributed by atoms with E-state index in [0.717, 1.165) is 12.4 Å². The molecule has 4 aromatic rings. The van der Waals surface area contributed by atoms with Gasteiger partial charge >= 0.3 is 0 Å². The first kappa shape index (κ1) is 21.4. The van der Waals surface area contributed by atoms with Crippen LogP contribution >= 0.6 is 0 Å². The van der Waals surface area contributed by atoms with Crippen LogP contribution in [-0.4, -0.2) is 45.5 Å². The molecule has 0 saturated carbocycles. The van der Waals surface area contributed by atoms with Gasteiger partial charge in [0.2, 0.25) is 21.8 Å². The van der Waals surface area contributed by atoms with Crippen molar-refractivity contribution in [3.8, 4) is 23.0 Å².